The van der Waals surface area contributed by atoms with E-state index in [0.29, 0.717) is 45.6 Å². The molecular formula is C23H38N4O6. The summed E-state index contributed by atoms with van der Waals surface area (Å²) in [7, 11) is 1.58. The molecule has 1 heterocycles. The molecule has 0 fully saturated rings. The first kappa shape index (κ1) is 28.4. The number of ketones is 2. The third-order valence-corrected chi connectivity index (χ3v) is 5.33. The highest BCUT2D eigenvalue weighted by molar-refractivity contribution is 5.93. The van der Waals surface area contributed by atoms with Crippen LogP contribution in [0.25, 0.3) is 0 Å². The molecule has 0 aliphatic heterocycles. The Kier molecular flexibility index (Phi) is 13.9. The van der Waals surface area contributed by atoms with Gasteiger partial charge in [-0.25, -0.2) is 4.98 Å². The highest BCUT2D eigenvalue weighted by Crippen LogP contribution is 2.15. The van der Waals surface area contributed by atoms with Gasteiger partial charge in [-0.2, -0.15) is 0 Å². The summed E-state index contributed by atoms with van der Waals surface area (Å²) in [5.74, 6) is -1.96. The molecule has 3 N–H and O–H groups in total. The van der Waals surface area contributed by atoms with Gasteiger partial charge in [-0.15, -0.1) is 0 Å². The van der Waals surface area contributed by atoms with Gasteiger partial charge < -0.3 is 29.9 Å². The van der Waals surface area contributed by atoms with Crippen molar-refractivity contribution in [2.45, 2.75) is 58.9 Å². The van der Waals surface area contributed by atoms with E-state index >= 15 is 0 Å². The third-order valence-electron chi connectivity index (χ3n) is 5.33. The molecule has 0 aromatic carbocycles. The first-order valence-electron chi connectivity index (χ1n) is 11.5. The summed E-state index contributed by atoms with van der Waals surface area (Å²) in [6, 6.07) is -0.715. The molecule has 0 spiro atoms. The maximum Gasteiger partial charge on any atom is 0.224 e. The molecule has 0 saturated carbocycles. The van der Waals surface area contributed by atoms with E-state index in [2.05, 4.69) is 20.6 Å². The van der Waals surface area contributed by atoms with Crippen LogP contribution in [0.4, 0.5) is 0 Å². The van der Waals surface area contributed by atoms with Crippen LogP contribution in [-0.2, 0) is 35.1 Å². The number of carbonyl (C=O) groups excluding carboxylic acids is 4. The van der Waals surface area contributed by atoms with Crippen molar-refractivity contribution in [2.24, 2.45) is 11.8 Å². The Morgan fingerprint density at radius 1 is 1.03 bits per heavy atom. The molecule has 1 aromatic rings. The molecule has 10 nitrogen and oxygen atoms in total. The smallest absolute Gasteiger partial charge is 0.224 e. The van der Waals surface area contributed by atoms with Crippen molar-refractivity contribution < 1.29 is 28.7 Å². The minimum atomic E-state index is -0.715. The highest BCUT2D eigenvalue weighted by atomic mass is 16.5. The predicted octanol–water partition coefficient (Wildman–Crippen LogP) is 1.21. The van der Waals surface area contributed by atoms with Crippen molar-refractivity contribution in [3.63, 3.8) is 0 Å². The van der Waals surface area contributed by atoms with Crippen molar-refractivity contribution in [3.8, 4) is 0 Å². The average molecular weight is 467 g/mol. The Balaban J connectivity index is 2.74. The van der Waals surface area contributed by atoms with Crippen LogP contribution in [-0.4, -0.2) is 72.9 Å². The summed E-state index contributed by atoms with van der Waals surface area (Å²) in [6.45, 7) is 6.63. The largest absolute Gasteiger partial charge is 0.382 e. The topological polar surface area (TPSA) is 139 Å². The van der Waals surface area contributed by atoms with Gasteiger partial charge in [0.25, 0.3) is 0 Å². The molecule has 1 aromatic heterocycles. The van der Waals surface area contributed by atoms with Gasteiger partial charge in [-0.05, 0) is 19.8 Å². The predicted molar refractivity (Wildman–Crippen MR) is 122 cm³/mol. The lowest BCUT2D eigenvalue weighted by Crippen LogP contribution is -2.45. The van der Waals surface area contributed by atoms with Gasteiger partial charge in [0.1, 0.15) is 5.78 Å². The number of hydrogen-bond acceptors (Lipinski definition) is 7. The summed E-state index contributed by atoms with van der Waals surface area (Å²) in [5.41, 5.74) is 0.740. The number of carbonyl (C=O) groups is 4. The summed E-state index contributed by atoms with van der Waals surface area (Å²) in [5, 5.41) is 5.58. The molecule has 0 radical (unpaired) electrons. The van der Waals surface area contributed by atoms with Crippen LogP contribution in [0.1, 0.15) is 52.1 Å². The molecule has 1 rings (SSSR count). The first-order chi connectivity index (χ1) is 15.8. The van der Waals surface area contributed by atoms with Crippen LogP contribution in [0.3, 0.4) is 0 Å². The van der Waals surface area contributed by atoms with E-state index in [0.717, 1.165) is 5.69 Å². The lowest BCUT2D eigenvalue weighted by Gasteiger charge is -2.22. The molecular weight excluding hydrogens is 428 g/mol. The summed E-state index contributed by atoms with van der Waals surface area (Å²) < 4.78 is 10.3. The number of aromatic amines is 1. The molecule has 10 heteroatoms. The Morgan fingerprint density at radius 3 is 2.36 bits per heavy atom. The summed E-state index contributed by atoms with van der Waals surface area (Å²) in [6.07, 6.45) is 4.46. The molecule has 2 amide bonds. The molecule has 3 atom stereocenters. The lowest BCUT2D eigenvalue weighted by atomic mass is 9.92. The lowest BCUT2D eigenvalue weighted by molar-refractivity contribution is -0.134. The fourth-order valence-electron chi connectivity index (χ4n) is 3.41. The van der Waals surface area contributed by atoms with Crippen LogP contribution in [0.2, 0.25) is 0 Å². The van der Waals surface area contributed by atoms with E-state index in [9.17, 15) is 19.2 Å². The van der Waals surface area contributed by atoms with E-state index in [-0.39, 0.29) is 36.2 Å². The zero-order chi connectivity index (χ0) is 24.6. The Bertz CT molecular complexity index is 737. The average Bonchev–Trinajstić information content (AvgIpc) is 3.30. The number of nitrogens with one attached hydrogen (secondary N) is 3. The van der Waals surface area contributed by atoms with Gasteiger partial charge in [0.05, 0.1) is 38.1 Å². The quantitative estimate of drug-likeness (QED) is 0.276. The second kappa shape index (κ2) is 16.1. The van der Waals surface area contributed by atoms with E-state index in [1.165, 1.54) is 13.3 Å². The van der Waals surface area contributed by atoms with Gasteiger partial charge >= 0.3 is 0 Å². The number of aromatic nitrogens is 2. The molecule has 0 aliphatic rings. The van der Waals surface area contributed by atoms with Crippen LogP contribution in [0.5, 0.6) is 0 Å². The van der Waals surface area contributed by atoms with Gasteiger partial charge in [0.15, 0.2) is 5.78 Å². The standard InChI is InChI=1S/C23H38N4O6/c1-5-17(11-16(3)28)23(31)27-20(6-2)21(29)13-18(12-19-14-24-15-26-19)22(30)25-7-8-33-10-9-32-4/h14-15,17-18,20H,5-13H2,1-4H3,(H,24,26)(H,25,30)(H,27,31)/t17-,18-,20-/m1/s1. The van der Waals surface area contributed by atoms with Crippen LogP contribution in [0.15, 0.2) is 12.5 Å². The number of nitrogens with zero attached hydrogens (tertiary/aromatic N) is 1. The zero-order valence-electron chi connectivity index (χ0n) is 20.1. The number of H-pyrrole nitrogens is 1. The number of ether oxygens (including phenoxy) is 2. The van der Waals surface area contributed by atoms with Crippen molar-refractivity contribution in [2.75, 3.05) is 33.5 Å². The number of rotatable bonds is 18. The highest BCUT2D eigenvalue weighted by Gasteiger charge is 2.29. The van der Waals surface area contributed by atoms with Crippen molar-refractivity contribution in [1.82, 2.24) is 20.6 Å². The van der Waals surface area contributed by atoms with Gasteiger partial charge in [-0.3, -0.25) is 14.4 Å². The molecule has 0 bridgehead atoms. The number of amides is 2. The third kappa shape index (κ3) is 11.2. The Morgan fingerprint density at radius 2 is 1.79 bits per heavy atom. The molecule has 0 unspecified atom stereocenters. The maximum absolute atomic E-state index is 13.0. The number of hydrogen-bond donors (Lipinski definition) is 3. The van der Waals surface area contributed by atoms with E-state index in [1.807, 2.05) is 6.92 Å². The van der Waals surface area contributed by atoms with Crippen molar-refractivity contribution >= 4 is 23.4 Å². The monoisotopic (exact) mass is 466 g/mol. The summed E-state index contributed by atoms with van der Waals surface area (Å²) in [4.78, 5) is 56.7. The van der Waals surface area contributed by atoms with Gasteiger partial charge in [0, 0.05) is 50.7 Å². The zero-order valence-corrected chi connectivity index (χ0v) is 20.1. The van der Waals surface area contributed by atoms with Gasteiger partial charge in [0.2, 0.25) is 11.8 Å². The van der Waals surface area contributed by atoms with Crippen LogP contribution in [0, 0.1) is 11.8 Å². The van der Waals surface area contributed by atoms with Crippen LogP contribution >= 0.6 is 0 Å². The molecule has 33 heavy (non-hydrogen) atoms. The molecule has 0 aliphatic carbocycles. The Hall–Kier alpha value is -2.59. The second-order valence-corrected chi connectivity index (χ2v) is 8.03. The molecule has 0 saturated heterocycles. The fraction of sp³-hybridized carbons (Fsp3) is 0.696. The minimum Gasteiger partial charge on any atom is -0.382 e. The fourth-order valence-corrected chi connectivity index (χ4v) is 3.41. The first-order valence-corrected chi connectivity index (χ1v) is 11.5. The normalized spacial score (nSPS) is 13.7. The summed E-state index contributed by atoms with van der Waals surface area (Å²) >= 11 is 0. The van der Waals surface area contributed by atoms with Crippen molar-refractivity contribution in [1.29, 1.82) is 0 Å². The van der Waals surface area contributed by atoms with E-state index in [4.69, 9.17) is 9.47 Å². The van der Waals surface area contributed by atoms with E-state index < -0.39 is 17.9 Å². The number of imidazole rings is 1. The van der Waals surface area contributed by atoms with E-state index in [1.54, 1.807) is 20.2 Å². The van der Waals surface area contributed by atoms with Crippen molar-refractivity contribution in [3.05, 3.63) is 18.2 Å². The van der Waals surface area contributed by atoms with Crippen LogP contribution < -0.4 is 10.6 Å². The minimum absolute atomic E-state index is 0.0301. The SMILES string of the molecule is CC[C@H](CC(C)=O)C(=O)N[C@H](CC)C(=O)C[C@@H](Cc1cnc[nH]1)C(=O)NCCOCCOC. The Labute approximate surface area is 195 Å². The maximum atomic E-state index is 13.0. The number of methoxy groups -OCH3 is 1. The molecule has 186 valence electrons. The van der Waals surface area contributed by atoms with Gasteiger partial charge in [-0.1, -0.05) is 13.8 Å². The number of Topliss-reactive ketones (excluding diaryl/α,β-unsaturated/α-hetero) is 2. The second-order valence-electron chi connectivity index (χ2n) is 8.03.